The molecule has 6 nitrogen and oxygen atoms in total. The zero-order chi connectivity index (χ0) is 23.8. The molecule has 0 aliphatic heterocycles. The first-order valence-electron chi connectivity index (χ1n) is 11.5. The van der Waals surface area contributed by atoms with Crippen molar-refractivity contribution in [2.45, 2.75) is 63.8 Å². The summed E-state index contributed by atoms with van der Waals surface area (Å²) in [6, 6.07) is 9.66. The van der Waals surface area contributed by atoms with Gasteiger partial charge in [-0.1, -0.05) is 49.8 Å². The number of carbonyl (C=O) groups excluding carboxylic acids is 1. The fraction of sp³-hybridized carbons (Fsp3) is 0.462. The molecule has 2 N–H and O–H groups in total. The van der Waals surface area contributed by atoms with Crippen LogP contribution in [-0.2, 0) is 11.2 Å². The van der Waals surface area contributed by atoms with Crippen molar-refractivity contribution in [3.8, 4) is 11.5 Å². The third-order valence-electron chi connectivity index (χ3n) is 6.23. The molecule has 0 unspecified atom stereocenters. The van der Waals surface area contributed by atoms with Gasteiger partial charge < -0.3 is 19.9 Å². The van der Waals surface area contributed by atoms with Crippen LogP contribution in [0.4, 0.5) is 4.39 Å². The minimum Gasteiger partial charge on any atom is -0.493 e. The average Bonchev–Trinajstić information content (AvgIpc) is 2.77. The largest absolute Gasteiger partial charge is 0.493 e. The molecule has 1 aliphatic rings. The van der Waals surface area contributed by atoms with Crippen LogP contribution in [-0.4, -0.2) is 36.2 Å². The number of carboxylic acid groups (broad SMARTS) is 1. The summed E-state index contributed by atoms with van der Waals surface area (Å²) in [5.41, 5.74) is 0.538. The van der Waals surface area contributed by atoms with Gasteiger partial charge >= 0.3 is 5.97 Å². The lowest BCUT2D eigenvalue weighted by molar-refractivity contribution is -0.145. The molecule has 0 heterocycles. The van der Waals surface area contributed by atoms with E-state index in [2.05, 4.69) is 5.32 Å². The second-order valence-corrected chi connectivity index (χ2v) is 8.67. The third-order valence-corrected chi connectivity index (χ3v) is 6.23. The summed E-state index contributed by atoms with van der Waals surface area (Å²) < 4.78 is 25.2. The van der Waals surface area contributed by atoms with Crippen LogP contribution in [0.1, 0.15) is 66.4 Å². The summed E-state index contributed by atoms with van der Waals surface area (Å²) in [4.78, 5) is 25.1. The van der Waals surface area contributed by atoms with Gasteiger partial charge in [0.15, 0.2) is 11.5 Å². The average molecular weight is 458 g/mol. The molecule has 178 valence electrons. The number of nitrogens with one attached hydrogen (secondary N) is 1. The van der Waals surface area contributed by atoms with Crippen LogP contribution in [0.2, 0.25) is 0 Å². The van der Waals surface area contributed by atoms with Crippen LogP contribution in [0, 0.1) is 12.7 Å². The van der Waals surface area contributed by atoms with Crippen molar-refractivity contribution in [3.63, 3.8) is 0 Å². The lowest BCUT2D eigenvalue weighted by atomic mass is 9.83. The summed E-state index contributed by atoms with van der Waals surface area (Å²) in [5, 5.41) is 12.7. The summed E-state index contributed by atoms with van der Waals surface area (Å²) in [5.74, 6) is -0.962. The number of hydrogen-bond acceptors (Lipinski definition) is 4. The SMILES string of the molecule is COc1ccc(C(=O)NC2(C(=O)O)CCCCCCC2)cc1OCCc1cc(C)ccc1F. The molecule has 1 fully saturated rings. The second-order valence-electron chi connectivity index (χ2n) is 8.67. The van der Waals surface area contributed by atoms with Crippen molar-refractivity contribution < 1.29 is 28.6 Å². The predicted molar refractivity (Wildman–Crippen MR) is 123 cm³/mol. The molecule has 0 atom stereocenters. The van der Waals surface area contributed by atoms with Crippen molar-refractivity contribution in [2.24, 2.45) is 0 Å². The molecule has 0 spiro atoms. The zero-order valence-electron chi connectivity index (χ0n) is 19.3. The minimum absolute atomic E-state index is 0.195. The van der Waals surface area contributed by atoms with Gasteiger partial charge in [-0.2, -0.15) is 0 Å². The quantitative estimate of drug-likeness (QED) is 0.579. The number of amides is 1. The maximum atomic E-state index is 14.0. The van der Waals surface area contributed by atoms with Crippen LogP contribution in [0.5, 0.6) is 11.5 Å². The number of aliphatic carboxylic acids is 1. The maximum Gasteiger partial charge on any atom is 0.329 e. The monoisotopic (exact) mass is 457 g/mol. The van der Waals surface area contributed by atoms with E-state index in [4.69, 9.17) is 9.47 Å². The molecule has 1 aliphatic carbocycles. The number of halogens is 1. The predicted octanol–water partition coefficient (Wildman–Crippen LogP) is 5.06. The van der Waals surface area contributed by atoms with Crippen molar-refractivity contribution in [1.82, 2.24) is 5.32 Å². The van der Waals surface area contributed by atoms with Crippen molar-refractivity contribution >= 4 is 11.9 Å². The Bertz CT molecular complexity index is 983. The van der Waals surface area contributed by atoms with E-state index in [0.29, 0.717) is 36.3 Å². The molecule has 7 heteroatoms. The van der Waals surface area contributed by atoms with Crippen LogP contribution in [0.25, 0.3) is 0 Å². The number of benzene rings is 2. The molecular weight excluding hydrogens is 425 g/mol. The molecule has 2 aromatic carbocycles. The molecule has 1 amide bonds. The van der Waals surface area contributed by atoms with Gasteiger partial charge in [-0.3, -0.25) is 4.79 Å². The summed E-state index contributed by atoms with van der Waals surface area (Å²) in [6.45, 7) is 2.09. The lowest BCUT2D eigenvalue weighted by Gasteiger charge is -2.32. The van der Waals surface area contributed by atoms with Gasteiger partial charge in [0.2, 0.25) is 0 Å². The van der Waals surface area contributed by atoms with Crippen LogP contribution in [0.3, 0.4) is 0 Å². The first-order chi connectivity index (χ1) is 15.8. The highest BCUT2D eigenvalue weighted by Gasteiger charge is 2.39. The van der Waals surface area contributed by atoms with E-state index < -0.39 is 17.4 Å². The molecule has 0 radical (unpaired) electrons. The molecule has 0 saturated heterocycles. The summed E-state index contributed by atoms with van der Waals surface area (Å²) in [7, 11) is 1.50. The van der Waals surface area contributed by atoms with E-state index in [1.807, 2.05) is 6.92 Å². The number of carbonyl (C=O) groups is 2. The number of hydrogen-bond donors (Lipinski definition) is 2. The molecule has 33 heavy (non-hydrogen) atoms. The van der Waals surface area contributed by atoms with Crippen molar-refractivity contribution in [3.05, 3.63) is 58.9 Å². The zero-order valence-corrected chi connectivity index (χ0v) is 19.3. The Kier molecular flexibility index (Phi) is 8.31. The van der Waals surface area contributed by atoms with Gasteiger partial charge in [-0.15, -0.1) is 0 Å². The Morgan fingerprint density at radius 2 is 1.73 bits per heavy atom. The van der Waals surface area contributed by atoms with E-state index in [1.165, 1.54) is 13.2 Å². The standard InChI is InChI=1S/C26H32FNO5/c1-18-8-10-21(27)19(16-18)12-15-33-23-17-20(9-11-22(23)32-2)24(29)28-26(25(30)31)13-6-4-3-5-7-14-26/h8-11,16-17H,3-7,12-15H2,1-2H3,(H,28,29)(H,30,31). The number of rotatable bonds is 8. The highest BCUT2D eigenvalue weighted by molar-refractivity contribution is 5.98. The summed E-state index contributed by atoms with van der Waals surface area (Å²) >= 11 is 0. The first-order valence-corrected chi connectivity index (χ1v) is 11.5. The van der Waals surface area contributed by atoms with Crippen molar-refractivity contribution in [2.75, 3.05) is 13.7 Å². The Morgan fingerprint density at radius 1 is 1.03 bits per heavy atom. The number of ether oxygens (including phenoxy) is 2. The van der Waals surface area contributed by atoms with E-state index in [0.717, 1.165) is 37.7 Å². The van der Waals surface area contributed by atoms with Crippen molar-refractivity contribution in [1.29, 1.82) is 0 Å². The van der Waals surface area contributed by atoms with Crippen LogP contribution in [0.15, 0.2) is 36.4 Å². The van der Waals surface area contributed by atoms with Gasteiger partial charge in [0.1, 0.15) is 11.4 Å². The molecule has 1 saturated carbocycles. The van der Waals surface area contributed by atoms with E-state index >= 15 is 0 Å². The highest BCUT2D eigenvalue weighted by atomic mass is 19.1. The number of methoxy groups -OCH3 is 1. The minimum atomic E-state index is -1.26. The lowest BCUT2D eigenvalue weighted by Crippen LogP contribution is -2.54. The Labute approximate surface area is 194 Å². The molecule has 0 bridgehead atoms. The smallest absolute Gasteiger partial charge is 0.329 e. The Morgan fingerprint density at radius 3 is 2.39 bits per heavy atom. The molecule has 3 rings (SSSR count). The van der Waals surface area contributed by atoms with E-state index in [9.17, 15) is 19.1 Å². The summed E-state index contributed by atoms with van der Waals surface area (Å²) in [6.07, 6.45) is 5.73. The van der Waals surface area contributed by atoms with Gasteiger partial charge in [0.25, 0.3) is 5.91 Å². The third kappa shape index (κ3) is 6.24. The maximum absolute atomic E-state index is 14.0. The fourth-order valence-electron chi connectivity index (χ4n) is 4.29. The van der Waals surface area contributed by atoms with E-state index in [-0.39, 0.29) is 18.0 Å². The number of aryl methyl sites for hydroxylation is 1. The fourth-order valence-corrected chi connectivity index (χ4v) is 4.29. The van der Waals surface area contributed by atoms with Gasteiger partial charge in [-0.25, -0.2) is 9.18 Å². The molecule has 2 aromatic rings. The van der Waals surface area contributed by atoms with Gasteiger partial charge in [0, 0.05) is 12.0 Å². The van der Waals surface area contributed by atoms with Crippen LogP contribution >= 0.6 is 0 Å². The normalized spacial score (nSPS) is 15.7. The number of carboxylic acids is 1. The van der Waals surface area contributed by atoms with Gasteiger partial charge in [-0.05, 0) is 49.6 Å². The first kappa shape index (κ1) is 24.6. The second kappa shape index (κ2) is 11.2. The topological polar surface area (TPSA) is 84.9 Å². The Hall–Kier alpha value is -3.09. The van der Waals surface area contributed by atoms with Crippen LogP contribution < -0.4 is 14.8 Å². The highest BCUT2D eigenvalue weighted by Crippen LogP contribution is 2.30. The molecule has 0 aromatic heterocycles. The van der Waals surface area contributed by atoms with Gasteiger partial charge in [0.05, 0.1) is 13.7 Å². The molecular formula is C26H32FNO5. The van der Waals surface area contributed by atoms with E-state index in [1.54, 1.807) is 30.3 Å². The Balaban J connectivity index is 1.73.